The summed E-state index contributed by atoms with van der Waals surface area (Å²) < 4.78 is 13.5. The first kappa shape index (κ1) is 18.9. The number of ether oxygens (including phenoxy) is 1. The fourth-order valence-electron chi connectivity index (χ4n) is 3.29. The van der Waals surface area contributed by atoms with Gasteiger partial charge in [-0.2, -0.15) is 0 Å². The lowest BCUT2D eigenvalue weighted by Gasteiger charge is -2.11. The monoisotopic (exact) mass is 467 g/mol. The van der Waals surface area contributed by atoms with Crippen LogP contribution in [0.2, 0.25) is 0 Å². The molecule has 0 unspecified atom stereocenters. The number of aryl methyl sites for hydroxylation is 1. The molecule has 0 radical (unpaired) electrons. The first-order chi connectivity index (χ1) is 14.7. The van der Waals surface area contributed by atoms with Crippen molar-refractivity contribution in [1.29, 1.82) is 0 Å². The predicted molar refractivity (Wildman–Crippen MR) is 111 cm³/mol. The molecule has 30 heavy (non-hydrogen) atoms. The Bertz CT molecular complexity index is 1200. The molecule has 152 valence electrons. The molecule has 5 rings (SSSR count). The Balaban J connectivity index is 1.36. The second-order valence-electron chi connectivity index (χ2n) is 7.34. The predicted octanol–water partition coefficient (Wildman–Crippen LogP) is 4.59. The fourth-order valence-corrected chi connectivity index (χ4v) is 3.78. The van der Waals surface area contributed by atoms with E-state index in [0.717, 1.165) is 27.6 Å². The summed E-state index contributed by atoms with van der Waals surface area (Å²) >= 11 is 3.61. The molecular weight excluding hydrogens is 450 g/mol. The number of fused-ring (bicyclic) bond motifs is 1. The van der Waals surface area contributed by atoms with E-state index in [0.29, 0.717) is 29.7 Å². The zero-order valence-electron chi connectivity index (χ0n) is 16.0. The molecule has 3 heterocycles. The van der Waals surface area contributed by atoms with Crippen molar-refractivity contribution in [2.45, 2.75) is 32.2 Å². The van der Waals surface area contributed by atoms with Crippen molar-refractivity contribution in [2.24, 2.45) is 5.92 Å². The first-order valence-electron chi connectivity index (χ1n) is 9.76. The van der Waals surface area contributed by atoms with Crippen LogP contribution in [-0.2, 0) is 13.0 Å². The average molecular weight is 468 g/mol. The third kappa shape index (κ3) is 3.85. The number of pyridine rings is 1. The van der Waals surface area contributed by atoms with Crippen molar-refractivity contribution in [1.82, 2.24) is 25.1 Å². The van der Waals surface area contributed by atoms with Gasteiger partial charge in [0.25, 0.3) is 0 Å². The molecule has 1 aliphatic rings. The van der Waals surface area contributed by atoms with Gasteiger partial charge >= 0.3 is 0 Å². The van der Waals surface area contributed by atoms with E-state index in [1.54, 1.807) is 12.3 Å². The van der Waals surface area contributed by atoms with Crippen LogP contribution < -0.4 is 4.74 Å². The Morgan fingerprint density at radius 3 is 2.97 bits per heavy atom. The summed E-state index contributed by atoms with van der Waals surface area (Å²) in [5.41, 5.74) is 2.88. The molecule has 1 saturated carbocycles. The minimum Gasteiger partial charge on any atom is -0.437 e. The second kappa shape index (κ2) is 7.98. The number of nitrogens with zero attached hydrogens (tertiary/aromatic N) is 5. The Kier molecular flexibility index (Phi) is 5.04. The molecular formula is C21H18BrN5O3. The number of hydrogen-bond acceptors (Lipinski definition) is 7. The molecule has 0 saturated heterocycles. The van der Waals surface area contributed by atoms with Crippen LogP contribution in [0.5, 0.6) is 11.6 Å². The van der Waals surface area contributed by atoms with Crippen molar-refractivity contribution < 1.29 is 14.1 Å². The largest absolute Gasteiger partial charge is 0.437 e. The first-order valence-corrected chi connectivity index (χ1v) is 10.6. The molecule has 8 nitrogen and oxygen atoms in total. The summed E-state index contributed by atoms with van der Waals surface area (Å²) in [6, 6.07) is 9.14. The Morgan fingerprint density at radius 1 is 1.27 bits per heavy atom. The van der Waals surface area contributed by atoms with Gasteiger partial charge in [0.1, 0.15) is 23.2 Å². The summed E-state index contributed by atoms with van der Waals surface area (Å²) in [5.74, 6) is 1.67. The van der Waals surface area contributed by atoms with E-state index in [4.69, 9.17) is 9.26 Å². The number of benzene rings is 1. The Hall–Kier alpha value is -3.07. The molecule has 9 heteroatoms. The maximum Gasteiger partial charge on any atom is 0.222 e. The van der Waals surface area contributed by atoms with E-state index in [1.165, 1.54) is 19.1 Å². The molecule has 4 aromatic rings. The molecule has 0 N–H and O–H groups in total. The topological polar surface area (TPSA) is 95.9 Å². The molecule has 1 fully saturated rings. The third-order valence-corrected chi connectivity index (χ3v) is 5.89. The van der Waals surface area contributed by atoms with E-state index >= 15 is 0 Å². The second-order valence-corrected chi connectivity index (χ2v) is 8.13. The van der Waals surface area contributed by atoms with E-state index in [-0.39, 0.29) is 12.2 Å². The highest BCUT2D eigenvalue weighted by Crippen LogP contribution is 2.37. The molecule has 3 aromatic heterocycles. The normalized spacial score (nSPS) is 13.6. The van der Waals surface area contributed by atoms with Gasteiger partial charge in [-0.1, -0.05) is 16.4 Å². The molecule has 1 aromatic carbocycles. The Morgan fingerprint density at radius 2 is 2.17 bits per heavy atom. The highest BCUT2D eigenvalue weighted by molar-refractivity contribution is 9.10. The van der Waals surface area contributed by atoms with Crippen molar-refractivity contribution in [3.8, 4) is 11.6 Å². The maximum atomic E-state index is 12.2. The van der Waals surface area contributed by atoms with Crippen LogP contribution in [0, 0.1) is 5.92 Å². The van der Waals surface area contributed by atoms with Gasteiger partial charge in [-0.25, -0.2) is 9.67 Å². The average Bonchev–Trinajstić information content (AvgIpc) is 3.24. The van der Waals surface area contributed by atoms with E-state index in [2.05, 4.69) is 36.4 Å². The molecule has 0 amide bonds. The van der Waals surface area contributed by atoms with Crippen LogP contribution in [0.4, 0.5) is 0 Å². The van der Waals surface area contributed by atoms with Gasteiger partial charge in [0.2, 0.25) is 5.88 Å². The van der Waals surface area contributed by atoms with Gasteiger partial charge in [-0.3, -0.25) is 4.79 Å². The molecule has 0 atom stereocenters. The van der Waals surface area contributed by atoms with Crippen LogP contribution >= 0.6 is 15.9 Å². The van der Waals surface area contributed by atoms with Crippen LogP contribution in [0.3, 0.4) is 0 Å². The van der Waals surface area contributed by atoms with E-state index in [1.807, 2.05) is 28.9 Å². The van der Waals surface area contributed by atoms with Gasteiger partial charge in [0.05, 0.1) is 9.99 Å². The van der Waals surface area contributed by atoms with Crippen LogP contribution in [0.1, 0.15) is 35.3 Å². The van der Waals surface area contributed by atoms with Crippen molar-refractivity contribution in [3.63, 3.8) is 0 Å². The zero-order chi connectivity index (χ0) is 20.5. The van der Waals surface area contributed by atoms with Crippen LogP contribution in [-0.4, -0.2) is 30.9 Å². The van der Waals surface area contributed by atoms with Gasteiger partial charge in [0, 0.05) is 30.8 Å². The molecule has 0 spiro atoms. The summed E-state index contributed by atoms with van der Waals surface area (Å²) in [5, 5.41) is 12.3. The summed E-state index contributed by atoms with van der Waals surface area (Å²) in [6.45, 7) is 0.896. The van der Waals surface area contributed by atoms with Gasteiger partial charge in [-0.15, -0.1) is 5.10 Å². The maximum absolute atomic E-state index is 12.2. The minimum absolute atomic E-state index is 0.0894. The number of rotatable bonds is 8. The highest BCUT2D eigenvalue weighted by Gasteiger charge is 2.24. The summed E-state index contributed by atoms with van der Waals surface area (Å²) in [6.07, 6.45) is 6.32. The SMILES string of the molecule is O=C(CCc1cccnc1Oc1ccc2c(nnn2CC2CC2)c1Br)c1ccon1. The number of Topliss-reactive ketones (excluding diaryl/α,β-unsaturated/α-hetero) is 1. The van der Waals surface area contributed by atoms with Gasteiger partial charge < -0.3 is 9.26 Å². The molecule has 1 aliphatic carbocycles. The zero-order valence-corrected chi connectivity index (χ0v) is 17.6. The van der Waals surface area contributed by atoms with Crippen LogP contribution in [0.25, 0.3) is 11.0 Å². The lowest BCUT2D eigenvalue weighted by Crippen LogP contribution is -2.03. The number of ketones is 1. The fraction of sp³-hybridized carbons (Fsp3) is 0.286. The third-order valence-electron chi connectivity index (χ3n) is 5.12. The lowest BCUT2D eigenvalue weighted by atomic mass is 10.1. The Labute approximate surface area is 180 Å². The number of halogens is 1. The molecule has 0 aliphatic heterocycles. The lowest BCUT2D eigenvalue weighted by molar-refractivity contribution is 0.0974. The van der Waals surface area contributed by atoms with Gasteiger partial charge in [-0.05, 0) is 59.3 Å². The summed E-state index contributed by atoms with van der Waals surface area (Å²) in [4.78, 5) is 16.6. The highest BCUT2D eigenvalue weighted by atomic mass is 79.9. The van der Waals surface area contributed by atoms with E-state index in [9.17, 15) is 4.79 Å². The van der Waals surface area contributed by atoms with Gasteiger partial charge in [0.15, 0.2) is 5.78 Å². The smallest absolute Gasteiger partial charge is 0.222 e. The number of carbonyl (C=O) groups excluding carboxylic acids is 1. The molecule has 0 bridgehead atoms. The minimum atomic E-state index is -0.0894. The van der Waals surface area contributed by atoms with Crippen molar-refractivity contribution in [3.05, 3.63) is 58.5 Å². The van der Waals surface area contributed by atoms with E-state index < -0.39 is 0 Å². The van der Waals surface area contributed by atoms with Crippen molar-refractivity contribution in [2.75, 3.05) is 0 Å². The summed E-state index contributed by atoms with van der Waals surface area (Å²) in [7, 11) is 0. The number of hydrogen-bond donors (Lipinski definition) is 0. The van der Waals surface area contributed by atoms with Crippen LogP contribution in [0.15, 0.2) is 51.8 Å². The number of aromatic nitrogens is 5. The standard InChI is InChI=1S/C21H18BrN5O3/c22-19-18(8-6-16-20(19)24-26-27(16)12-13-3-4-13)30-21-14(2-1-10-23-21)5-7-17(28)15-9-11-29-25-15/h1-2,6,8-11,13H,3-5,7,12H2. The number of carbonyl (C=O) groups is 1. The quantitative estimate of drug-likeness (QED) is 0.349. The van der Waals surface area contributed by atoms with Crippen molar-refractivity contribution >= 4 is 32.7 Å².